The molecule has 0 saturated carbocycles. The summed E-state index contributed by atoms with van der Waals surface area (Å²) in [5.74, 6) is 0.0171. The van der Waals surface area contributed by atoms with E-state index >= 15 is 0 Å². The number of allylic oxidation sites excluding steroid dienone is 1. The average molecular weight is 152 g/mol. The van der Waals surface area contributed by atoms with Gasteiger partial charge in [-0.2, -0.15) is 0 Å². The standard InChI is InChI=1S/C8H12N2O/c1-7-3-4-8(11)10(7)6-2-5-9/h3-4H,1-2,5-6,9H2. The van der Waals surface area contributed by atoms with Crippen molar-refractivity contribution in [2.45, 2.75) is 6.42 Å². The van der Waals surface area contributed by atoms with Crippen LogP contribution in [-0.2, 0) is 4.79 Å². The Hall–Kier alpha value is -1.09. The van der Waals surface area contributed by atoms with Crippen molar-refractivity contribution in [3.8, 4) is 0 Å². The van der Waals surface area contributed by atoms with Crippen LogP contribution in [0.15, 0.2) is 24.4 Å². The molecule has 1 aliphatic heterocycles. The van der Waals surface area contributed by atoms with Crippen molar-refractivity contribution >= 4 is 5.91 Å². The van der Waals surface area contributed by atoms with Crippen LogP contribution in [0.2, 0.25) is 0 Å². The fourth-order valence-corrected chi connectivity index (χ4v) is 0.992. The highest BCUT2D eigenvalue weighted by Crippen LogP contribution is 2.12. The fourth-order valence-electron chi connectivity index (χ4n) is 0.992. The molecule has 0 aromatic rings. The molecule has 0 aromatic carbocycles. The first-order valence-electron chi connectivity index (χ1n) is 3.64. The summed E-state index contributed by atoms with van der Waals surface area (Å²) in [6, 6.07) is 0. The average Bonchev–Trinajstić information content (AvgIpc) is 2.29. The predicted octanol–water partition coefficient (Wildman–Crippen LogP) is 0.247. The van der Waals surface area contributed by atoms with Gasteiger partial charge in [0.2, 0.25) is 0 Å². The number of nitrogens with zero attached hydrogens (tertiary/aromatic N) is 1. The lowest BCUT2D eigenvalue weighted by Gasteiger charge is -2.15. The third-order valence-electron chi connectivity index (χ3n) is 1.62. The highest BCUT2D eigenvalue weighted by Gasteiger charge is 2.16. The number of carbonyl (C=O) groups is 1. The van der Waals surface area contributed by atoms with Crippen molar-refractivity contribution in [2.24, 2.45) is 5.73 Å². The zero-order chi connectivity index (χ0) is 8.27. The fraction of sp³-hybridized carbons (Fsp3) is 0.375. The molecule has 0 atom stereocenters. The van der Waals surface area contributed by atoms with Crippen LogP contribution in [-0.4, -0.2) is 23.9 Å². The first-order valence-corrected chi connectivity index (χ1v) is 3.64. The maximum atomic E-state index is 11.0. The van der Waals surface area contributed by atoms with E-state index < -0.39 is 0 Å². The summed E-state index contributed by atoms with van der Waals surface area (Å²) in [6.07, 6.45) is 4.07. The van der Waals surface area contributed by atoms with Gasteiger partial charge in [0, 0.05) is 18.3 Å². The molecule has 0 aromatic heterocycles. The summed E-state index contributed by atoms with van der Waals surface area (Å²) in [7, 11) is 0. The zero-order valence-electron chi connectivity index (χ0n) is 6.42. The number of carbonyl (C=O) groups excluding carboxylic acids is 1. The molecule has 0 radical (unpaired) electrons. The number of hydrogen-bond donors (Lipinski definition) is 1. The van der Waals surface area contributed by atoms with Crippen LogP contribution in [0.4, 0.5) is 0 Å². The SMILES string of the molecule is C=C1C=CC(=O)N1CCCN. The van der Waals surface area contributed by atoms with Crippen molar-refractivity contribution in [3.05, 3.63) is 24.4 Å². The molecular weight excluding hydrogens is 140 g/mol. The quantitative estimate of drug-likeness (QED) is 0.630. The molecule has 1 heterocycles. The van der Waals surface area contributed by atoms with Gasteiger partial charge in [-0.1, -0.05) is 6.58 Å². The van der Waals surface area contributed by atoms with Gasteiger partial charge in [0.15, 0.2) is 0 Å². The monoisotopic (exact) mass is 152 g/mol. The smallest absolute Gasteiger partial charge is 0.251 e. The van der Waals surface area contributed by atoms with Gasteiger partial charge in [-0.05, 0) is 19.0 Å². The summed E-state index contributed by atoms with van der Waals surface area (Å²) in [5.41, 5.74) is 6.08. The molecule has 0 unspecified atom stereocenters. The van der Waals surface area contributed by atoms with E-state index in [1.165, 1.54) is 6.08 Å². The van der Waals surface area contributed by atoms with Crippen LogP contribution >= 0.6 is 0 Å². The molecule has 1 aliphatic rings. The Morgan fingerprint density at radius 1 is 1.55 bits per heavy atom. The first-order chi connectivity index (χ1) is 5.25. The van der Waals surface area contributed by atoms with Gasteiger partial charge < -0.3 is 10.6 Å². The van der Waals surface area contributed by atoms with Crippen LogP contribution in [0.25, 0.3) is 0 Å². The normalized spacial score (nSPS) is 16.6. The van der Waals surface area contributed by atoms with Crippen molar-refractivity contribution in [1.29, 1.82) is 0 Å². The highest BCUT2D eigenvalue weighted by atomic mass is 16.2. The summed E-state index contributed by atoms with van der Waals surface area (Å²) in [4.78, 5) is 12.7. The molecule has 0 aliphatic carbocycles. The van der Waals surface area contributed by atoms with Crippen molar-refractivity contribution < 1.29 is 4.79 Å². The largest absolute Gasteiger partial charge is 0.330 e. The van der Waals surface area contributed by atoms with Gasteiger partial charge in [-0.3, -0.25) is 4.79 Å². The highest BCUT2D eigenvalue weighted by molar-refractivity contribution is 5.92. The van der Waals surface area contributed by atoms with Crippen molar-refractivity contribution in [3.63, 3.8) is 0 Å². The maximum absolute atomic E-state index is 11.0. The Bertz CT molecular complexity index is 190. The second kappa shape index (κ2) is 3.34. The van der Waals surface area contributed by atoms with Gasteiger partial charge >= 0.3 is 0 Å². The first kappa shape index (κ1) is 8.01. The van der Waals surface area contributed by atoms with E-state index in [9.17, 15) is 4.79 Å². The molecular formula is C8H12N2O. The van der Waals surface area contributed by atoms with Crippen LogP contribution in [0, 0.1) is 0 Å². The van der Waals surface area contributed by atoms with Gasteiger partial charge in [0.1, 0.15) is 0 Å². The van der Waals surface area contributed by atoms with Gasteiger partial charge in [0.05, 0.1) is 0 Å². The molecule has 3 heteroatoms. The second-order valence-corrected chi connectivity index (χ2v) is 2.46. The third kappa shape index (κ3) is 1.68. The Kier molecular flexibility index (Phi) is 2.44. The molecule has 2 N–H and O–H groups in total. The minimum absolute atomic E-state index is 0.0171. The summed E-state index contributed by atoms with van der Waals surface area (Å²) in [6.45, 7) is 5.01. The number of amides is 1. The molecule has 3 nitrogen and oxygen atoms in total. The zero-order valence-corrected chi connectivity index (χ0v) is 6.42. The molecule has 60 valence electrons. The lowest BCUT2D eigenvalue weighted by Crippen LogP contribution is -2.26. The van der Waals surface area contributed by atoms with Crippen molar-refractivity contribution in [2.75, 3.05) is 13.1 Å². The molecule has 1 amide bonds. The minimum atomic E-state index is 0.0171. The minimum Gasteiger partial charge on any atom is -0.330 e. The van der Waals surface area contributed by atoms with E-state index in [1.54, 1.807) is 11.0 Å². The van der Waals surface area contributed by atoms with E-state index in [0.29, 0.717) is 13.1 Å². The lowest BCUT2D eigenvalue weighted by atomic mass is 10.4. The molecule has 11 heavy (non-hydrogen) atoms. The van der Waals surface area contributed by atoms with E-state index in [1.807, 2.05) is 0 Å². The third-order valence-corrected chi connectivity index (χ3v) is 1.62. The van der Waals surface area contributed by atoms with E-state index in [4.69, 9.17) is 5.73 Å². The summed E-state index contributed by atoms with van der Waals surface area (Å²) >= 11 is 0. The van der Waals surface area contributed by atoms with Crippen LogP contribution in [0.3, 0.4) is 0 Å². The number of rotatable bonds is 3. The van der Waals surface area contributed by atoms with Crippen LogP contribution in [0.5, 0.6) is 0 Å². The Balaban J connectivity index is 2.46. The maximum Gasteiger partial charge on any atom is 0.251 e. The van der Waals surface area contributed by atoms with Crippen LogP contribution < -0.4 is 5.73 Å². The van der Waals surface area contributed by atoms with E-state index in [0.717, 1.165) is 12.1 Å². The predicted molar refractivity (Wildman–Crippen MR) is 43.7 cm³/mol. The van der Waals surface area contributed by atoms with Gasteiger partial charge in [-0.15, -0.1) is 0 Å². The van der Waals surface area contributed by atoms with Gasteiger partial charge in [0.25, 0.3) is 5.91 Å². The lowest BCUT2D eigenvalue weighted by molar-refractivity contribution is -0.123. The number of nitrogens with two attached hydrogens (primary N) is 1. The Morgan fingerprint density at radius 3 is 2.73 bits per heavy atom. The topological polar surface area (TPSA) is 46.3 Å². The molecule has 1 rings (SSSR count). The Morgan fingerprint density at radius 2 is 2.27 bits per heavy atom. The Labute approximate surface area is 66.2 Å². The molecule has 0 spiro atoms. The second-order valence-electron chi connectivity index (χ2n) is 2.46. The molecule has 0 saturated heterocycles. The van der Waals surface area contributed by atoms with E-state index in [2.05, 4.69) is 6.58 Å². The number of hydrogen-bond acceptors (Lipinski definition) is 2. The molecule has 0 fully saturated rings. The van der Waals surface area contributed by atoms with Crippen molar-refractivity contribution in [1.82, 2.24) is 4.90 Å². The molecule has 0 bridgehead atoms. The van der Waals surface area contributed by atoms with Gasteiger partial charge in [-0.25, -0.2) is 0 Å². The summed E-state index contributed by atoms with van der Waals surface area (Å²) in [5, 5.41) is 0. The summed E-state index contributed by atoms with van der Waals surface area (Å²) < 4.78 is 0. The van der Waals surface area contributed by atoms with E-state index in [-0.39, 0.29) is 5.91 Å². The van der Waals surface area contributed by atoms with Crippen LogP contribution in [0.1, 0.15) is 6.42 Å².